The molecular weight excluding hydrogens is 376 g/mol. The van der Waals surface area contributed by atoms with Gasteiger partial charge in [-0.2, -0.15) is 5.01 Å². The quantitative estimate of drug-likeness (QED) is 0.816. The monoisotopic (exact) mass is 388 g/mol. The molecule has 0 saturated carbocycles. The van der Waals surface area contributed by atoms with Crippen molar-refractivity contribution >= 4 is 33.7 Å². The van der Waals surface area contributed by atoms with Crippen molar-refractivity contribution in [2.75, 3.05) is 6.61 Å². The van der Waals surface area contributed by atoms with Gasteiger partial charge in [-0.3, -0.25) is 19.8 Å². The summed E-state index contributed by atoms with van der Waals surface area (Å²) in [7, 11) is 0. The minimum absolute atomic E-state index is 0.271. The average Bonchev–Trinajstić information content (AvgIpc) is 2.81. The summed E-state index contributed by atoms with van der Waals surface area (Å²) in [4.78, 5) is 36.3. The molecule has 0 aliphatic carbocycles. The SMILES string of the molecule is Cc1cc(OCC(=O)NN2C(=O)c3ccccc3C2=O)ccc1Br. The number of ether oxygens (including phenoxy) is 1. The Morgan fingerprint density at radius 3 is 2.33 bits per heavy atom. The first-order valence-corrected chi connectivity index (χ1v) is 7.93. The molecule has 0 saturated heterocycles. The van der Waals surface area contributed by atoms with Crippen LogP contribution in [0.25, 0.3) is 0 Å². The highest BCUT2D eigenvalue weighted by Crippen LogP contribution is 2.22. The van der Waals surface area contributed by atoms with Gasteiger partial charge >= 0.3 is 0 Å². The van der Waals surface area contributed by atoms with Gasteiger partial charge in [0.05, 0.1) is 11.1 Å². The second-order valence-electron chi connectivity index (χ2n) is 5.23. The summed E-state index contributed by atoms with van der Waals surface area (Å²) in [6.07, 6.45) is 0. The number of carbonyl (C=O) groups is 3. The molecule has 24 heavy (non-hydrogen) atoms. The predicted molar refractivity (Wildman–Crippen MR) is 89.5 cm³/mol. The van der Waals surface area contributed by atoms with Gasteiger partial charge in [0.15, 0.2) is 6.61 Å². The third-order valence-electron chi connectivity index (χ3n) is 3.53. The van der Waals surface area contributed by atoms with Crippen LogP contribution in [0.5, 0.6) is 5.75 Å². The third-order valence-corrected chi connectivity index (χ3v) is 4.42. The highest BCUT2D eigenvalue weighted by Gasteiger charge is 2.36. The molecule has 1 heterocycles. The van der Waals surface area contributed by atoms with Crippen molar-refractivity contribution < 1.29 is 19.1 Å². The molecule has 0 aromatic heterocycles. The Morgan fingerprint density at radius 1 is 1.12 bits per heavy atom. The number of hydrazine groups is 1. The number of carbonyl (C=O) groups excluding carboxylic acids is 3. The maximum atomic E-state index is 12.1. The van der Waals surface area contributed by atoms with E-state index >= 15 is 0 Å². The van der Waals surface area contributed by atoms with E-state index < -0.39 is 17.7 Å². The van der Waals surface area contributed by atoms with E-state index in [1.54, 1.807) is 36.4 Å². The van der Waals surface area contributed by atoms with Crippen LogP contribution in [0.3, 0.4) is 0 Å². The van der Waals surface area contributed by atoms with Crippen LogP contribution in [0.2, 0.25) is 0 Å². The number of halogens is 1. The molecule has 2 aromatic carbocycles. The number of rotatable bonds is 4. The molecule has 0 spiro atoms. The van der Waals surface area contributed by atoms with E-state index in [1.807, 2.05) is 13.0 Å². The zero-order valence-corrected chi connectivity index (χ0v) is 14.3. The lowest BCUT2D eigenvalue weighted by atomic mass is 10.1. The van der Waals surface area contributed by atoms with E-state index in [0.717, 1.165) is 10.0 Å². The smallest absolute Gasteiger partial charge is 0.280 e. The zero-order chi connectivity index (χ0) is 17.3. The van der Waals surface area contributed by atoms with E-state index in [2.05, 4.69) is 21.4 Å². The van der Waals surface area contributed by atoms with Gasteiger partial charge in [0.1, 0.15) is 5.75 Å². The second kappa shape index (κ2) is 6.45. The van der Waals surface area contributed by atoms with Crippen molar-refractivity contribution in [3.05, 3.63) is 63.6 Å². The van der Waals surface area contributed by atoms with Crippen LogP contribution in [0.15, 0.2) is 46.9 Å². The third kappa shape index (κ3) is 3.03. The molecule has 0 bridgehead atoms. The highest BCUT2D eigenvalue weighted by molar-refractivity contribution is 9.10. The number of hydrogen-bond donors (Lipinski definition) is 1. The number of imide groups is 1. The predicted octanol–water partition coefficient (Wildman–Crippen LogP) is 2.46. The summed E-state index contributed by atoms with van der Waals surface area (Å²) in [5.74, 6) is -1.18. The van der Waals surface area contributed by atoms with Crippen LogP contribution in [0.1, 0.15) is 26.3 Å². The molecule has 1 N–H and O–H groups in total. The number of benzene rings is 2. The fraction of sp³-hybridized carbons (Fsp3) is 0.118. The number of fused-ring (bicyclic) bond motifs is 1. The van der Waals surface area contributed by atoms with Gasteiger partial charge in [0.25, 0.3) is 17.7 Å². The Balaban J connectivity index is 1.63. The number of nitrogens with one attached hydrogen (secondary N) is 1. The molecular formula is C17H13BrN2O4. The molecule has 1 aliphatic rings. The normalized spacial score (nSPS) is 13.0. The Labute approximate surface area is 146 Å². The number of nitrogens with zero attached hydrogens (tertiary/aromatic N) is 1. The number of amides is 3. The largest absolute Gasteiger partial charge is 0.484 e. The summed E-state index contributed by atoms with van der Waals surface area (Å²) < 4.78 is 6.31. The summed E-state index contributed by atoms with van der Waals surface area (Å²) in [5.41, 5.74) is 3.79. The molecule has 122 valence electrons. The van der Waals surface area contributed by atoms with Crippen LogP contribution >= 0.6 is 15.9 Å². The van der Waals surface area contributed by atoms with E-state index in [9.17, 15) is 14.4 Å². The van der Waals surface area contributed by atoms with Crippen molar-refractivity contribution in [1.82, 2.24) is 10.4 Å². The van der Waals surface area contributed by atoms with Crippen LogP contribution in [-0.4, -0.2) is 29.3 Å². The van der Waals surface area contributed by atoms with Gasteiger partial charge < -0.3 is 4.74 Å². The maximum absolute atomic E-state index is 12.1. The van der Waals surface area contributed by atoms with Crippen molar-refractivity contribution in [2.24, 2.45) is 0 Å². The summed E-state index contributed by atoms with van der Waals surface area (Å²) in [6.45, 7) is 1.59. The Kier molecular flexibility index (Phi) is 4.35. The zero-order valence-electron chi connectivity index (χ0n) is 12.7. The molecule has 0 radical (unpaired) electrons. The van der Waals surface area contributed by atoms with Crippen molar-refractivity contribution in [1.29, 1.82) is 0 Å². The summed E-state index contributed by atoms with van der Waals surface area (Å²) in [5, 5.41) is 0.711. The molecule has 7 heteroatoms. The summed E-state index contributed by atoms with van der Waals surface area (Å²) >= 11 is 3.38. The van der Waals surface area contributed by atoms with Crippen molar-refractivity contribution in [2.45, 2.75) is 6.92 Å². The fourth-order valence-corrected chi connectivity index (χ4v) is 2.55. The molecule has 3 rings (SSSR count). The Bertz CT molecular complexity index is 815. The molecule has 0 fully saturated rings. The van der Waals surface area contributed by atoms with Gasteiger partial charge in [-0.25, -0.2) is 0 Å². The van der Waals surface area contributed by atoms with Gasteiger partial charge in [0, 0.05) is 4.47 Å². The molecule has 6 nitrogen and oxygen atoms in total. The average molecular weight is 389 g/mol. The maximum Gasteiger partial charge on any atom is 0.280 e. The summed E-state index contributed by atoms with van der Waals surface area (Å²) in [6, 6.07) is 11.7. The molecule has 3 amide bonds. The van der Waals surface area contributed by atoms with Crippen LogP contribution in [0, 0.1) is 6.92 Å². The lowest BCUT2D eigenvalue weighted by Crippen LogP contribution is -2.47. The highest BCUT2D eigenvalue weighted by atomic mass is 79.9. The molecule has 1 aliphatic heterocycles. The van der Waals surface area contributed by atoms with Gasteiger partial charge in [-0.15, -0.1) is 0 Å². The molecule has 0 atom stereocenters. The topological polar surface area (TPSA) is 75.7 Å². The van der Waals surface area contributed by atoms with Crippen molar-refractivity contribution in [3.63, 3.8) is 0 Å². The first-order valence-electron chi connectivity index (χ1n) is 7.13. The van der Waals surface area contributed by atoms with Gasteiger partial charge in [0.2, 0.25) is 0 Å². The first-order chi connectivity index (χ1) is 11.5. The van der Waals surface area contributed by atoms with Gasteiger partial charge in [-0.1, -0.05) is 28.1 Å². The van der Waals surface area contributed by atoms with E-state index in [1.165, 1.54) is 0 Å². The Morgan fingerprint density at radius 2 is 1.75 bits per heavy atom. The molecule has 2 aromatic rings. The number of aryl methyl sites for hydroxylation is 1. The van der Waals surface area contributed by atoms with E-state index in [0.29, 0.717) is 10.8 Å². The van der Waals surface area contributed by atoms with Gasteiger partial charge in [-0.05, 0) is 42.8 Å². The Hall–Kier alpha value is -2.67. The first kappa shape index (κ1) is 16.2. The van der Waals surface area contributed by atoms with Crippen LogP contribution in [0.4, 0.5) is 0 Å². The minimum atomic E-state index is -0.593. The van der Waals surface area contributed by atoms with E-state index in [-0.39, 0.29) is 17.7 Å². The second-order valence-corrected chi connectivity index (χ2v) is 6.08. The minimum Gasteiger partial charge on any atom is -0.484 e. The lowest BCUT2D eigenvalue weighted by molar-refractivity contribution is -0.126. The van der Waals surface area contributed by atoms with Crippen molar-refractivity contribution in [3.8, 4) is 5.75 Å². The van der Waals surface area contributed by atoms with Crippen LogP contribution in [-0.2, 0) is 4.79 Å². The molecule has 0 unspecified atom stereocenters. The van der Waals surface area contributed by atoms with Crippen LogP contribution < -0.4 is 10.2 Å². The fourth-order valence-electron chi connectivity index (χ4n) is 2.30. The van der Waals surface area contributed by atoms with E-state index in [4.69, 9.17) is 4.74 Å². The lowest BCUT2D eigenvalue weighted by Gasteiger charge is -2.15. The number of hydrogen-bond acceptors (Lipinski definition) is 4. The standard InChI is InChI=1S/C17H13BrN2O4/c1-10-8-11(6-7-14(10)18)24-9-15(21)19-20-16(22)12-4-2-3-5-13(12)17(20)23/h2-8H,9H2,1H3,(H,19,21).